The number of carbonyl (C=O) groups excluding carboxylic acids is 1. The van der Waals surface area contributed by atoms with Crippen LogP contribution in [0.15, 0.2) is 22.9 Å². The van der Waals surface area contributed by atoms with Gasteiger partial charge >= 0.3 is 6.18 Å². The van der Waals surface area contributed by atoms with Crippen molar-refractivity contribution in [1.82, 2.24) is 20.4 Å². The predicted octanol–water partition coefficient (Wildman–Crippen LogP) is 3.37. The van der Waals surface area contributed by atoms with Gasteiger partial charge in [-0.25, -0.2) is 0 Å². The molecule has 1 N–H and O–H groups in total. The summed E-state index contributed by atoms with van der Waals surface area (Å²) >= 11 is 0. The molecule has 1 amide bonds. The molecular formula is C16H17F3N4O2. The number of halogens is 3. The highest BCUT2D eigenvalue weighted by Crippen LogP contribution is 2.33. The highest BCUT2D eigenvalue weighted by Gasteiger charge is 2.34. The molecule has 3 rings (SSSR count). The highest BCUT2D eigenvalue weighted by molar-refractivity contribution is 5.79. The lowest BCUT2D eigenvalue weighted by Crippen LogP contribution is -2.39. The van der Waals surface area contributed by atoms with E-state index in [1.165, 1.54) is 6.07 Å². The van der Waals surface area contributed by atoms with Gasteiger partial charge in [-0.15, -0.1) is 0 Å². The first-order chi connectivity index (χ1) is 11.7. The van der Waals surface area contributed by atoms with Gasteiger partial charge in [0.2, 0.25) is 17.6 Å². The number of nitrogens with one attached hydrogen (secondary N) is 1. The lowest BCUT2D eigenvalue weighted by atomic mass is 9.75. The second kappa shape index (κ2) is 6.45. The van der Waals surface area contributed by atoms with Crippen LogP contribution in [0, 0.1) is 11.8 Å². The highest BCUT2D eigenvalue weighted by atomic mass is 19.4. The summed E-state index contributed by atoms with van der Waals surface area (Å²) in [5.74, 6) is 0.626. The summed E-state index contributed by atoms with van der Waals surface area (Å²) < 4.78 is 43.3. The number of hydrogen-bond donors (Lipinski definition) is 1. The van der Waals surface area contributed by atoms with Gasteiger partial charge in [-0.05, 0) is 37.8 Å². The van der Waals surface area contributed by atoms with Crippen LogP contribution < -0.4 is 5.32 Å². The predicted molar refractivity (Wildman–Crippen MR) is 81.0 cm³/mol. The SMILES string of the molecule is CC1CC(C(=O)N[C@@H](C)c2nc(-c3ccnc(C(F)(F)F)c3)no2)C1. The van der Waals surface area contributed by atoms with Crippen molar-refractivity contribution >= 4 is 5.91 Å². The molecule has 0 saturated heterocycles. The van der Waals surface area contributed by atoms with Gasteiger partial charge in [0.25, 0.3) is 0 Å². The first kappa shape index (κ1) is 17.4. The van der Waals surface area contributed by atoms with Crippen molar-refractivity contribution in [2.75, 3.05) is 0 Å². The van der Waals surface area contributed by atoms with Crippen LogP contribution in [0.1, 0.15) is 44.3 Å². The Kier molecular flexibility index (Phi) is 4.49. The molecule has 1 atom stereocenters. The van der Waals surface area contributed by atoms with E-state index in [0.717, 1.165) is 25.1 Å². The molecule has 134 valence electrons. The smallest absolute Gasteiger partial charge is 0.344 e. The molecule has 6 nitrogen and oxygen atoms in total. The molecule has 1 aliphatic rings. The van der Waals surface area contributed by atoms with Crippen LogP contribution in [0.4, 0.5) is 13.2 Å². The zero-order valence-electron chi connectivity index (χ0n) is 13.7. The molecule has 2 aromatic heterocycles. The molecule has 1 saturated carbocycles. The van der Waals surface area contributed by atoms with E-state index < -0.39 is 17.9 Å². The molecule has 0 aliphatic heterocycles. The maximum absolute atomic E-state index is 12.7. The Labute approximate surface area is 141 Å². The summed E-state index contributed by atoms with van der Waals surface area (Å²) in [5, 5.41) is 6.49. The second-order valence-corrected chi connectivity index (χ2v) is 6.39. The minimum absolute atomic E-state index is 0.00520. The number of aromatic nitrogens is 3. The van der Waals surface area contributed by atoms with E-state index in [1.807, 2.05) is 0 Å². The number of alkyl halides is 3. The van der Waals surface area contributed by atoms with Gasteiger partial charge in [-0.2, -0.15) is 18.2 Å². The summed E-state index contributed by atoms with van der Waals surface area (Å²) in [6.45, 7) is 3.77. The standard InChI is InChI=1S/C16H17F3N4O2/c1-8-5-11(6-8)14(24)21-9(2)15-22-13(23-25-15)10-3-4-20-12(7-10)16(17,18)19/h3-4,7-9,11H,5-6H2,1-2H3,(H,21,24)/t8?,9-,11?/m0/s1. The molecule has 2 aromatic rings. The molecule has 0 unspecified atom stereocenters. The number of carbonyl (C=O) groups is 1. The Bertz CT molecular complexity index is 769. The Morgan fingerprint density at radius 3 is 2.76 bits per heavy atom. The zero-order chi connectivity index (χ0) is 18.2. The summed E-state index contributed by atoms with van der Waals surface area (Å²) in [4.78, 5) is 19.4. The maximum Gasteiger partial charge on any atom is 0.433 e. The minimum Gasteiger partial charge on any atom is -0.344 e. The third-order valence-electron chi connectivity index (χ3n) is 4.22. The number of amides is 1. The van der Waals surface area contributed by atoms with Crippen molar-refractivity contribution in [1.29, 1.82) is 0 Å². The van der Waals surface area contributed by atoms with Crippen molar-refractivity contribution in [3.05, 3.63) is 29.9 Å². The fourth-order valence-electron chi connectivity index (χ4n) is 2.76. The van der Waals surface area contributed by atoms with Gasteiger partial charge in [0.15, 0.2) is 0 Å². The van der Waals surface area contributed by atoms with Crippen molar-refractivity contribution in [2.45, 2.75) is 38.9 Å². The average molecular weight is 354 g/mol. The van der Waals surface area contributed by atoms with Crippen LogP contribution in [0.5, 0.6) is 0 Å². The molecule has 0 spiro atoms. The van der Waals surface area contributed by atoms with E-state index in [4.69, 9.17) is 4.52 Å². The van der Waals surface area contributed by atoms with Crippen LogP contribution in [-0.2, 0) is 11.0 Å². The molecule has 0 aromatic carbocycles. The van der Waals surface area contributed by atoms with E-state index in [-0.39, 0.29) is 29.1 Å². The molecular weight excluding hydrogens is 337 g/mol. The van der Waals surface area contributed by atoms with Gasteiger partial charge < -0.3 is 9.84 Å². The number of nitrogens with zero attached hydrogens (tertiary/aromatic N) is 3. The summed E-state index contributed by atoms with van der Waals surface area (Å²) in [5.41, 5.74) is -0.888. The Morgan fingerprint density at radius 1 is 1.40 bits per heavy atom. The minimum atomic E-state index is -4.55. The summed E-state index contributed by atoms with van der Waals surface area (Å²) in [6, 6.07) is 1.70. The molecule has 25 heavy (non-hydrogen) atoms. The van der Waals surface area contributed by atoms with Crippen molar-refractivity contribution in [2.24, 2.45) is 11.8 Å². The molecule has 2 heterocycles. The molecule has 1 fully saturated rings. The van der Waals surface area contributed by atoms with Crippen LogP contribution >= 0.6 is 0 Å². The first-order valence-electron chi connectivity index (χ1n) is 7.91. The van der Waals surface area contributed by atoms with Crippen LogP contribution in [0.3, 0.4) is 0 Å². The third kappa shape index (κ3) is 3.80. The van der Waals surface area contributed by atoms with E-state index in [0.29, 0.717) is 5.92 Å². The molecule has 0 radical (unpaired) electrons. The lowest BCUT2D eigenvalue weighted by molar-refractivity contribution is -0.141. The normalized spacial score (nSPS) is 21.5. The quantitative estimate of drug-likeness (QED) is 0.910. The third-order valence-corrected chi connectivity index (χ3v) is 4.22. The van der Waals surface area contributed by atoms with Gasteiger partial charge in [0, 0.05) is 17.7 Å². The average Bonchev–Trinajstić information content (AvgIpc) is 3.01. The van der Waals surface area contributed by atoms with Gasteiger partial charge in [0.1, 0.15) is 11.7 Å². The number of pyridine rings is 1. The van der Waals surface area contributed by atoms with E-state index >= 15 is 0 Å². The number of rotatable bonds is 4. The van der Waals surface area contributed by atoms with E-state index in [1.54, 1.807) is 6.92 Å². The maximum atomic E-state index is 12.7. The van der Waals surface area contributed by atoms with E-state index in [2.05, 4.69) is 27.4 Å². The Hall–Kier alpha value is -2.45. The topological polar surface area (TPSA) is 80.9 Å². The Balaban J connectivity index is 1.71. The fraction of sp³-hybridized carbons (Fsp3) is 0.500. The van der Waals surface area contributed by atoms with Crippen LogP contribution in [0.25, 0.3) is 11.4 Å². The molecule has 0 bridgehead atoms. The van der Waals surface area contributed by atoms with Crippen molar-refractivity contribution in [3.63, 3.8) is 0 Å². The number of hydrogen-bond acceptors (Lipinski definition) is 5. The molecule has 9 heteroatoms. The van der Waals surface area contributed by atoms with Crippen molar-refractivity contribution in [3.8, 4) is 11.4 Å². The molecule has 1 aliphatic carbocycles. The monoisotopic (exact) mass is 354 g/mol. The summed E-state index contributed by atoms with van der Waals surface area (Å²) in [7, 11) is 0. The van der Waals surface area contributed by atoms with Crippen LogP contribution in [0.2, 0.25) is 0 Å². The van der Waals surface area contributed by atoms with Crippen LogP contribution in [-0.4, -0.2) is 21.0 Å². The summed E-state index contributed by atoms with van der Waals surface area (Å²) in [6.07, 6.45) is -1.81. The first-order valence-corrected chi connectivity index (χ1v) is 7.91. The van der Waals surface area contributed by atoms with Gasteiger partial charge in [0.05, 0.1) is 0 Å². The lowest BCUT2D eigenvalue weighted by Gasteiger charge is -2.31. The van der Waals surface area contributed by atoms with Crippen molar-refractivity contribution < 1.29 is 22.5 Å². The fourth-order valence-corrected chi connectivity index (χ4v) is 2.76. The second-order valence-electron chi connectivity index (χ2n) is 6.39. The van der Waals surface area contributed by atoms with Gasteiger partial charge in [-0.3, -0.25) is 9.78 Å². The largest absolute Gasteiger partial charge is 0.433 e. The Morgan fingerprint density at radius 2 is 2.12 bits per heavy atom. The van der Waals surface area contributed by atoms with E-state index in [9.17, 15) is 18.0 Å². The zero-order valence-corrected chi connectivity index (χ0v) is 13.7. The van der Waals surface area contributed by atoms with Gasteiger partial charge in [-0.1, -0.05) is 12.1 Å².